The molecule has 0 aliphatic rings. The van der Waals surface area contributed by atoms with Crippen molar-refractivity contribution < 1.29 is 27.9 Å². The highest BCUT2D eigenvalue weighted by Crippen LogP contribution is 2.25. The van der Waals surface area contributed by atoms with Gasteiger partial charge in [0.25, 0.3) is 10.0 Å². The number of esters is 1. The Hall–Kier alpha value is -1.16. The first kappa shape index (κ1) is 15.9. The molecule has 0 aliphatic heterocycles. The van der Waals surface area contributed by atoms with Crippen LogP contribution in [0.5, 0.6) is 0 Å². The van der Waals surface area contributed by atoms with Gasteiger partial charge in [-0.3, -0.25) is 9.59 Å². The van der Waals surface area contributed by atoms with Crippen molar-refractivity contribution in [1.82, 2.24) is 4.72 Å². The van der Waals surface area contributed by atoms with Crippen LogP contribution in [0.15, 0.2) is 16.3 Å². The van der Waals surface area contributed by atoms with Crippen molar-refractivity contribution in [3.05, 3.63) is 16.5 Å². The summed E-state index contributed by atoms with van der Waals surface area (Å²) < 4.78 is 30.0. The Labute approximate surface area is 118 Å². The molecule has 1 atom stereocenters. The van der Waals surface area contributed by atoms with Gasteiger partial charge >= 0.3 is 11.9 Å². The second kappa shape index (κ2) is 6.33. The third-order valence-electron chi connectivity index (χ3n) is 2.01. The standard InChI is InChI=1S/C9H10ClNO6S2/c1-17-7(12)4-5(9(13)14)11-19(15,16)8-3-2-6(10)18-8/h2-3,5,11H,4H2,1H3,(H,13,14)/t5-/m0/s1. The van der Waals surface area contributed by atoms with Crippen LogP contribution in [0.4, 0.5) is 0 Å². The van der Waals surface area contributed by atoms with Crippen LogP contribution in [0.25, 0.3) is 0 Å². The van der Waals surface area contributed by atoms with E-state index in [9.17, 15) is 18.0 Å². The van der Waals surface area contributed by atoms with E-state index in [4.69, 9.17) is 16.7 Å². The maximum atomic E-state index is 11.9. The summed E-state index contributed by atoms with van der Waals surface area (Å²) in [4.78, 5) is 21.9. The number of halogens is 1. The molecule has 10 heteroatoms. The molecule has 19 heavy (non-hydrogen) atoms. The molecule has 0 saturated heterocycles. The maximum Gasteiger partial charge on any atom is 0.322 e. The number of carboxylic acids is 1. The first-order valence-corrected chi connectivity index (χ1v) is 7.51. The van der Waals surface area contributed by atoms with Crippen LogP contribution in [-0.2, 0) is 24.3 Å². The zero-order chi connectivity index (χ0) is 14.6. The van der Waals surface area contributed by atoms with Crippen molar-refractivity contribution in [2.75, 3.05) is 7.11 Å². The maximum absolute atomic E-state index is 11.9. The molecule has 1 aromatic heterocycles. The average Bonchev–Trinajstić information content (AvgIpc) is 2.75. The number of sulfonamides is 1. The van der Waals surface area contributed by atoms with Gasteiger partial charge in [-0.25, -0.2) is 8.42 Å². The molecule has 0 aliphatic carbocycles. The van der Waals surface area contributed by atoms with E-state index in [0.717, 1.165) is 18.4 Å². The van der Waals surface area contributed by atoms with Crippen LogP contribution in [0.3, 0.4) is 0 Å². The highest BCUT2D eigenvalue weighted by Gasteiger charge is 2.28. The highest BCUT2D eigenvalue weighted by atomic mass is 35.5. The lowest BCUT2D eigenvalue weighted by molar-refractivity contribution is -0.147. The number of hydrogen-bond donors (Lipinski definition) is 2. The molecule has 0 fully saturated rings. The average molecular weight is 328 g/mol. The lowest BCUT2D eigenvalue weighted by Gasteiger charge is -2.12. The summed E-state index contributed by atoms with van der Waals surface area (Å²) in [5, 5.41) is 8.88. The number of carbonyl (C=O) groups excluding carboxylic acids is 1. The Morgan fingerprint density at radius 1 is 1.53 bits per heavy atom. The fraction of sp³-hybridized carbons (Fsp3) is 0.333. The second-order valence-electron chi connectivity index (χ2n) is 3.35. The predicted octanol–water partition coefficient (Wildman–Crippen LogP) is 0.696. The van der Waals surface area contributed by atoms with Crippen molar-refractivity contribution in [3.63, 3.8) is 0 Å². The minimum absolute atomic E-state index is 0.131. The molecule has 0 bridgehead atoms. The topological polar surface area (TPSA) is 110 Å². The fourth-order valence-electron chi connectivity index (χ4n) is 1.12. The smallest absolute Gasteiger partial charge is 0.322 e. The summed E-state index contributed by atoms with van der Waals surface area (Å²) in [5.74, 6) is -2.31. The third-order valence-corrected chi connectivity index (χ3v) is 5.20. The van der Waals surface area contributed by atoms with E-state index in [1.165, 1.54) is 12.1 Å². The van der Waals surface area contributed by atoms with Crippen LogP contribution < -0.4 is 4.72 Å². The molecular weight excluding hydrogens is 318 g/mol. The van der Waals surface area contributed by atoms with Gasteiger partial charge in [0.2, 0.25) is 0 Å². The minimum atomic E-state index is -4.04. The van der Waals surface area contributed by atoms with Crippen molar-refractivity contribution in [2.45, 2.75) is 16.7 Å². The fourth-order valence-corrected chi connectivity index (χ4v) is 3.81. The van der Waals surface area contributed by atoms with E-state index in [0.29, 0.717) is 0 Å². The molecule has 1 rings (SSSR count). The molecule has 0 amide bonds. The number of rotatable bonds is 6. The monoisotopic (exact) mass is 327 g/mol. The third kappa shape index (κ3) is 4.46. The number of carboxylic acid groups (broad SMARTS) is 1. The summed E-state index contributed by atoms with van der Waals surface area (Å²) in [6.07, 6.45) is -0.607. The molecule has 0 radical (unpaired) electrons. The number of ether oxygens (including phenoxy) is 1. The Morgan fingerprint density at radius 2 is 2.16 bits per heavy atom. The van der Waals surface area contributed by atoms with Gasteiger partial charge in [0.1, 0.15) is 10.3 Å². The summed E-state index contributed by atoms with van der Waals surface area (Å²) in [7, 11) is -2.96. The Balaban J connectivity index is 2.90. The van der Waals surface area contributed by atoms with E-state index in [1.54, 1.807) is 0 Å². The lowest BCUT2D eigenvalue weighted by atomic mass is 10.2. The molecule has 106 valence electrons. The zero-order valence-corrected chi connectivity index (χ0v) is 12.0. The molecule has 7 nitrogen and oxygen atoms in total. The molecule has 0 aromatic carbocycles. The van der Waals surface area contributed by atoms with Gasteiger partial charge in [-0.15, -0.1) is 11.3 Å². The molecule has 0 saturated carbocycles. The van der Waals surface area contributed by atoms with Crippen molar-refractivity contribution in [2.24, 2.45) is 0 Å². The van der Waals surface area contributed by atoms with Gasteiger partial charge in [-0.05, 0) is 12.1 Å². The van der Waals surface area contributed by atoms with Crippen LogP contribution in [-0.4, -0.2) is 38.6 Å². The largest absolute Gasteiger partial charge is 0.480 e. The van der Waals surface area contributed by atoms with Gasteiger partial charge in [0.05, 0.1) is 17.9 Å². The molecule has 0 unspecified atom stereocenters. The number of hydrogen-bond acceptors (Lipinski definition) is 6. The molecule has 0 spiro atoms. The SMILES string of the molecule is COC(=O)C[C@H](NS(=O)(=O)c1ccc(Cl)s1)C(=O)O. The van der Waals surface area contributed by atoms with E-state index >= 15 is 0 Å². The van der Waals surface area contributed by atoms with Gasteiger partial charge in [0.15, 0.2) is 0 Å². The number of carbonyl (C=O) groups is 2. The van der Waals surface area contributed by atoms with E-state index < -0.39 is 34.4 Å². The zero-order valence-electron chi connectivity index (χ0n) is 9.62. The summed E-state index contributed by atoms with van der Waals surface area (Å²) in [5.41, 5.74) is 0. The first-order chi connectivity index (χ1) is 8.76. The number of aliphatic carboxylic acids is 1. The van der Waals surface area contributed by atoms with Crippen molar-refractivity contribution in [1.29, 1.82) is 0 Å². The summed E-state index contributed by atoms with van der Waals surface area (Å²) in [6.45, 7) is 0. The van der Waals surface area contributed by atoms with Gasteiger partial charge in [-0.2, -0.15) is 4.72 Å². The van der Waals surface area contributed by atoms with E-state index in [1.807, 2.05) is 4.72 Å². The lowest BCUT2D eigenvalue weighted by Crippen LogP contribution is -2.42. The molecular formula is C9H10ClNO6S2. The van der Waals surface area contributed by atoms with Gasteiger partial charge in [0, 0.05) is 0 Å². The Bertz CT molecular complexity index is 581. The van der Waals surface area contributed by atoms with E-state index in [-0.39, 0.29) is 8.55 Å². The van der Waals surface area contributed by atoms with Crippen molar-refractivity contribution in [3.8, 4) is 0 Å². The van der Waals surface area contributed by atoms with Crippen LogP contribution in [0.2, 0.25) is 4.34 Å². The van der Waals surface area contributed by atoms with Gasteiger partial charge < -0.3 is 9.84 Å². The van der Waals surface area contributed by atoms with Crippen molar-refractivity contribution >= 4 is 44.9 Å². The molecule has 1 aromatic rings. The number of methoxy groups -OCH3 is 1. The molecule has 2 N–H and O–H groups in total. The number of thiophene rings is 1. The summed E-state index contributed by atoms with van der Waals surface area (Å²) in [6, 6.07) is 1.02. The Kier molecular flexibility index (Phi) is 5.29. The number of nitrogens with one attached hydrogen (secondary N) is 1. The first-order valence-electron chi connectivity index (χ1n) is 4.83. The Morgan fingerprint density at radius 3 is 2.58 bits per heavy atom. The quantitative estimate of drug-likeness (QED) is 0.744. The minimum Gasteiger partial charge on any atom is -0.480 e. The van der Waals surface area contributed by atoms with Gasteiger partial charge in [-0.1, -0.05) is 11.6 Å². The predicted molar refractivity (Wildman–Crippen MR) is 67.7 cm³/mol. The second-order valence-corrected chi connectivity index (χ2v) is 7.01. The normalized spacial score (nSPS) is 12.9. The van der Waals surface area contributed by atoms with Crippen LogP contribution >= 0.6 is 22.9 Å². The van der Waals surface area contributed by atoms with Crippen LogP contribution in [0.1, 0.15) is 6.42 Å². The van der Waals surface area contributed by atoms with Crippen LogP contribution in [0, 0.1) is 0 Å². The highest BCUT2D eigenvalue weighted by molar-refractivity contribution is 7.91. The molecule has 1 heterocycles. The van der Waals surface area contributed by atoms with E-state index in [2.05, 4.69) is 4.74 Å². The summed E-state index contributed by atoms with van der Waals surface area (Å²) >= 11 is 6.39.